The molecule has 4 rings (SSSR count). The first-order chi connectivity index (χ1) is 12.5. The molecule has 0 aliphatic heterocycles. The van der Waals surface area contributed by atoms with Gasteiger partial charge in [-0.25, -0.2) is 9.97 Å². The van der Waals surface area contributed by atoms with E-state index in [1.807, 2.05) is 13.1 Å². The van der Waals surface area contributed by atoms with E-state index in [0.29, 0.717) is 0 Å². The molecular weight excluding hydrogens is 356 g/mol. The molecule has 0 aliphatic rings. The Labute approximate surface area is 162 Å². The molecule has 0 radical (unpaired) electrons. The zero-order valence-corrected chi connectivity index (χ0v) is 17.0. The summed E-state index contributed by atoms with van der Waals surface area (Å²) in [7, 11) is 0. The van der Waals surface area contributed by atoms with Gasteiger partial charge in [-0.05, 0) is 62.1 Å². The van der Waals surface area contributed by atoms with Crippen LogP contribution in [-0.4, -0.2) is 9.97 Å². The highest BCUT2D eigenvalue weighted by atomic mass is 32.1. The van der Waals surface area contributed by atoms with E-state index in [-0.39, 0.29) is 0 Å². The van der Waals surface area contributed by atoms with Gasteiger partial charge in [-0.3, -0.25) is 0 Å². The highest BCUT2D eigenvalue weighted by Crippen LogP contribution is 2.35. The summed E-state index contributed by atoms with van der Waals surface area (Å²) in [5.41, 5.74) is 8.52. The van der Waals surface area contributed by atoms with Crippen molar-refractivity contribution in [2.75, 3.05) is 0 Å². The predicted octanol–water partition coefficient (Wildman–Crippen LogP) is 6.83. The fraction of sp³-hybridized carbons (Fsp3) is 0.182. The maximum absolute atomic E-state index is 4.65. The van der Waals surface area contributed by atoms with Crippen LogP contribution in [0.4, 0.5) is 0 Å². The zero-order valence-electron chi connectivity index (χ0n) is 15.3. The topological polar surface area (TPSA) is 25.8 Å². The third-order valence-electron chi connectivity index (χ3n) is 4.50. The van der Waals surface area contributed by atoms with Crippen molar-refractivity contribution in [1.82, 2.24) is 9.97 Å². The molecule has 0 saturated heterocycles. The Morgan fingerprint density at radius 2 is 1.38 bits per heavy atom. The first-order valence-corrected chi connectivity index (χ1v) is 10.3. The van der Waals surface area contributed by atoms with Crippen LogP contribution >= 0.6 is 22.7 Å². The van der Waals surface area contributed by atoms with E-state index in [4.69, 9.17) is 0 Å². The van der Waals surface area contributed by atoms with Crippen molar-refractivity contribution in [2.24, 2.45) is 0 Å². The number of hydrogen-bond acceptors (Lipinski definition) is 4. The van der Waals surface area contributed by atoms with Crippen molar-refractivity contribution in [3.8, 4) is 32.3 Å². The average Bonchev–Trinajstić information content (AvgIpc) is 3.25. The number of aromatic nitrogens is 2. The van der Waals surface area contributed by atoms with E-state index in [2.05, 4.69) is 72.5 Å². The summed E-state index contributed by atoms with van der Waals surface area (Å²) in [6.07, 6.45) is 1.94. The van der Waals surface area contributed by atoms with Crippen LogP contribution in [0.3, 0.4) is 0 Å². The SMILES string of the molecule is Cc1csc(-c2ccc(C)c(-c3cc(-c4ncc(C)s4)ccc3C)c2)n1. The predicted molar refractivity (Wildman–Crippen MR) is 113 cm³/mol. The van der Waals surface area contributed by atoms with E-state index in [1.54, 1.807) is 22.7 Å². The number of hydrogen-bond donors (Lipinski definition) is 0. The molecule has 0 N–H and O–H groups in total. The lowest BCUT2D eigenvalue weighted by atomic mass is 9.93. The van der Waals surface area contributed by atoms with Crippen molar-refractivity contribution in [1.29, 1.82) is 0 Å². The van der Waals surface area contributed by atoms with Crippen LogP contribution in [-0.2, 0) is 0 Å². The maximum Gasteiger partial charge on any atom is 0.123 e. The lowest BCUT2D eigenvalue weighted by molar-refractivity contribution is 1.27. The Kier molecular flexibility index (Phi) is 4.47. The molecule has 0 saturated carbocycles. The second-order valence-electron chi connectivity index (χ2n) is 6.63. The third-order valence-corrected chi connectivity index (χ3v) is 6.47. The smallest absolute Gasteiger partial charge is 0.123 e. The van der Waals surface area contributed by atoms with Crippen LogP contribution in [0, 0.1) is 27.7 Å². The number of thiazole rings is 2. The Hall–Kier alpha value is -2.30. The second kappa shape index (κ2) is 6.78. The third kappa shape index (κ3) is 3.22. The molecule has 2 nitrogen and oxygen atoms in total. The van der Waals surface area contributed by atoms with E-state index in [9.17, 15) is 0 Å². The van der Waals surface area contributed by atoms with Crippen molar-refractivity contribution in [3.05, 3.63) is 69.7 Å². The minimum atomic E-state index is 1.07. The summed E-state index contributed by atoms with van der Waals surface area (Å²) >= 11 is 3.44. The number of rotatable bonds is 3. The molecule has 0 spiro atoms. The van der Waals surface area contributed by atoms with Gasteiger partial charge in [-0.15, -0.1) is 22.7 Å². The van der Waals surface area contributed by atoms with E-state index >= 15 is 0 Å². The molecule has 2 heterocycles. The molecule has 0 amide bonds. The second-order valence-corrected chi connectivity index (χ2v) is 8.72. The van der Waals surface area contributed by atoms with Gasteiger partial charge >= 0.3 is 0 Å². The number of nitrogens with zero attached hydrogens (tertiary/aromatic N) is 2. The molecule has 0 atom stereocenters. The van der Waals surface area contributed by atoms with Crippen molar-refractivity contribution >= 4 is 22.7 Å². The van der Waals surface area contributed by atoms with Gasteiger partial charge in [0.25, 0.3) is 0 Å². The standard InChI is InChI=1S/C22H20N2S2/c1-13-5-7-17(21-23-11-16(4)26-21)9-19(13)20-10-18(8-6-14(20)2)22-24-15(3)12-25-22/h5-12H,1-4H3. The van der Waals surface area contributed by atoms with Crippen LogP contribution in [0.15, 0.2) is 48.0 Å². The van der Waals surface area contributed by atoms with Crippen molar-refractivity contribution in [2.45, 2.75) is 27.7 Å². The van der Waals surface area contributed by atoms with Gasteiger partial charge in [0.2, 0.25) is 0 Å². The minimum Gasteiger partial charge on any atom is -0.244 e. The summed E-state index contributed by atoms with van der Waals surface area (Å²) in [4.78, 5) is 10.4. The van der Waals surface area contributed by atoms with E-state index < -0.39 is 0 Å². The molecule has 2 aromatic heterocycles. The van der Waals surface area contributed by atoms with Crippen LogP contribution in [0.1, 0.15) is 21.7 Å². The normalized spacial score (nSPS) is 11.1. The van der Waals surface area contributed by atoms with Crippen molar-refractivity contribution in [3.63, 3.8) is 0 Å². The van der Waals surface area contributed by atoms with Gasteiger partial charge in [0, 0.05) is 33.3 Å². The summed E-state index contributed by atoms with van der Waals surface area (Å²) in [5, 5.41) is 4.26. The van der Waals surface area contributed by atoms with Crippen LogP contribution < -0.4 is 0 Å². The fourth-order valence-electron chi connectivity index (χ4n) is 3.07. The molecule has 4 aromatic rings. The first kappa shape index (κ1) is 17.1. The molecular formula is C22H20N2S2. The fourth-order valence-corrected chi connectivity index (χ4v) is 4.62. The summed E-state index contributed by atoms with van der Waals surface area (Å²) in [6, 6.07) is 13.3. The van der Waals surface area contributed by atoms with Crippen LogP contribution in [0.5, 0.6) is 0 Å². The number of aryl methyl sites for hydroxylation is 4. The summed E-state index contributed by atoms with van der Waals surface area (Å²) < 4.78 is 0. The van der Waals surface area contributed by atoms with Gasteiger partial charge in [0.1, 0.15) is 10.0 Å². The highest BCUT2D eigenvalue weighted by molar-refractivity contribution is 7.15. The van der Waals surface area contributed by atoms with Crippen LogP contribution in [0.25, 0.3) is 32.3 Å². The molecule has 0 bridgehead atoms. The molecule has 0 aliphatic carbocycles. The quantitative estimate of drug-likeness (QED) is 0.391. The van der Waals surface area contributed by atoms with Crippen LogP contribution in [0.2, 0.25) is 0 Å². The zero-order chi connectivity index (χ0) is 18.3. The van der Waals surface area contributed by atoms with Gasteiger partial charge < -0.3 is 0 Å². The van der Waals surface area contributed by atoms with Gasteiger partial charge in [-0.2, -0.15) is 0 Å². The molecule has 4 heteroatoms. The van der Waals surface area contributed by atoms with E-state index in [1.165, 1.54) is 38.3 Å². The van der Waals surface area contributed by atoms with E-state index in [0.717, 1.165) is 15.7 Å². The van der Waals surface area contributed by atoms with Crippen molar-refractivity contribution < 1.29 is 0 Å². The molecule has 0 fully saturated rings. The van der Waals surface area contributed by atoms with Gasteiger partial charge in [0.15, 0.2) is 0 Å². The Morgan fingerprint density at radius 3 is 1.88 bits per heavy atom. The minimum absolute atomic E-state index is 1.07. The number of benzene rings is 2. The lowest BCUT2D eigenvalue weighted by Gasteiger charge is -2.12. The summed E-state index contributed by atoms with van der Waals surface area (Å²) in [5.74, 6) is 0. The molecule has 130 valence electrons. The monoisotopic (exact) mass is 376 g/mol. The average molecular weight is 377 g/mol. The van der Waals surface area contributed by atoms with Gasteiger partial charge in [-0.1, -0.05) is 24.3 Å². The Bertz CT molecular complexity index is 1000. The molecule has 0 unspecified atom stereocenters. The maximum atomic E-state index is 4.65. The molecule has 26 heavy (non-hydrogen) atoms. The Balaban J connectivity index is 1.84. The van der Waals surface area contributed by atoms with Gasteiger partial charge in [0.05, 0.1) is 0 Å². The highest BCUT2D eigenvalue weighted by Gasteiger charge is 2.12. The first-order valence-electron chi connectivity index (χ1n) is 8.58. The summed E-state index contributed by atoms with van der Waals surface area (Å²) in [6.45, 7) is 8.48. The largest absolute Gasteiger partial charge is 0.244 e. The lowest BCUT2D eigenvalue weighted by Crippen LogP contribution is -1.90. The molecule has 2 aromatic carbocycles. The Morgan fingerprint density at radius 1 is 0.769 bits per heavy atom.